The third kappa shape index (κ3) is 26.6. The van der Waals surface area contributed by atoms with Gasteiger partial charge in [0.1, 0.15) is 18.8 Å². The maximum atomic E-state index is 12.1. The van der Waals surface area contributed by atoms with Gasteiger partial charge in [-0.3, -0.25) is 14.4 Å². The van der Waals surface area contributed by atoms with Gasteiger partial charge in [-0.15, -0.1) is 0 Å². The van der Waals surface area contributed by atoms with E-state index in [0.29, 0.717) is 39.3 Å². The van der Waals surface area contributed by atoms with Crippen LogP contribution in [0.5, 0.6) is 0 Å². The van der Waals surface area contributed by atoms with E-state index in [4.69, 9.17) is 38.0 Å². The van der Waals surface area contributed by atoms with Crippen molar-refractivity contribution < 1.29 is 57.0 Å². The van der Waals surface area contributed by atoms with Crippen LogP contribution in [-0.2, 0) is 47.1 Å². The van der Waals surface area contributed by atoms with Crippen LogP contribution < -0.4 is 10.6 Å². The van der Waals surface area contributed by atoms with Crippen LogP contribution in [0.25, 0.3) is 0 Å². The van der Waals surface area contributed by atoms with Gasteiger partial charge in [0.15, 0.2) is 18.5 Å². The number of aliphatic hydroxyl groups excluding tert-OH is 1. The number of urea groups is 1. The van der Waals surface area contributed by atoms with Crippen molar-refractivity contribution in [2.45, 2.75) is 207 Å². The number of amides is 2. The second-order valence-corrected chi connectivity index (χ2v) is 17.4. The zero-order valence-corrected chi connectivity index (χ0v) is 38.7. The molecule has 1 saturated heterocycles. The fraction of sp³-hybridized carbons (Fsp3) is 0.884. The lowest BCUT2D eigenvalue weighted by Crippen LogP contribution is -2.61. The Balaban J connectivity index is 2.04. The van der Waals surface area contributed by atoms with Gasteiger partial charge in [-0.25, -0.2) is 9.46 Å². The van der Waals surface area contributed by atoms with E-state index in [1.165, 1.54) is 65.7 Å². The second-order valence-electron chi connectivity index (χ2n) is 15.9. The van der Waals surface area contributed by atoms with Gasteiger partial charge in [0.25, 0.3) is 8.53 Å². The van der Waals surface area contributed by atoms with E-state index in [9.17, 15) is 24.3 Å². The van der Waals surface area contributed by atoms with E-state index in [1.807, 2.05) is 0 Å². The minimum Gasteiger partial charge on any atom is -0.463 e. The molecular formula is C43H79N4O12P. The van der Waals surface area contributed by atoms with Crippen LogP contribution in [0.2, 0.25) is 0 Å². The van der Waals surface area contributed by atoms with Crippen LogP contribution in [0.1, 0.15) is 164 Å². The van der Waals surface area contributed by atoms with Crippen molar-refractivity contribution in [3.63, 3.8) is 0 Å². The van der Waals surface area contributed by atoms with E-state index in [0.717, 1.165) is 64.2 Å². The standard InChI is InChI=1S/C43H79N4O12P/c1-33(2)47(34(3)4)60(56-31-25-26-44)55-30-24-20-18-22-28-46-43(52)45-27-21-17-15-13-11-9-8-10-12-14-16-19-23-29-53-42-41(58-37(7)50)39(51)40(57-36(6)49)38(59-42)32-54-35(5)48/h33-34,38-42,51H,8-25,27-32H2,1-7H3,(H2,45,46,52)/t38-,39+,40-,41-,42-,60?/m1/s1. The van der Waals surface area contributed by atoms with Gasteiger partial charge in [0.05, 0.1) is 25.7 Å². The van der Waals surface area contributed by atoms with Crippen molar-refractivity contribution in [1.82, 2.24) is 15.3 Å². The third-order valence-electron chi connectivity index (χ3n) is 9.78. The van der Waals surface area contributed by atoms with E-state index in [-0.39, 0.29) is 24.7 Å². The second kappa shape index (κ2) is 34.9. The Hall–Kier alpha value is -2.64. The molecule has 16 nitrogen and oxygen atoms in total. The maximum Gasteiger partial charge on any atom is 0.314 e. The average molecular weight is 875 g/mol. The lowest BCUT2D eigenvalue weighted by molar-refractivity contribution is -0.306. The SMILES string of the molecule is CC(=O)OC[C@H]1O[C@@H](OCCCCCCCCCCCCCCCNC(=O)NCCCCCCOP(OCCC#N)N(C(C)C)C(C)C)[C@H](OC(C)=O)[C@@H](O)[C@@H]1OC(C)=O. The Labute approximate surface area is 361 Å². The largest absolute Gasteiger partial charge is 0.463 e. The smallest absolute Gasteiger partial charge is 0.314 e. The first-order valence-corrected chi connectivity index (χ1v) is 23.6. The van der Waals surface area contributed by atoms with Crippen molar-refractivity contribution in [1.29, 1.82) is 5.26 Å². The van der Waals surface area contributed by atoms with Crippen molar-refractivity contribution in [2.24, 2.45) is 0 Å². The molecule has 1 fully saturated rings. The van der Waals surface area contributed by atoms with Crippen molar-refractivity contribution >= 4 is 32.5 Å². The Kier molecular flexibility index (Phi) is 32.2. The average Bonchev–Trinajstić information content (AvgIpc) is 3.17. The molecule has 1 aliphatic heterocycles. The zero-order valence-electron chi connectivity index (χ0n) is 37.8. The fourth-order valence-corrected chi connectivity index (χ4v) is 8.52. The molecule has 1 aliphatic rings. The van der Waals surface area contributed by atoms with Crippen LogP contribution in [0, 0.1) is 11.3 Å². The number of carbonyl (C=O) groups excluding carboxylic acids is 4. The van der Waals surface area contributed by atoms with Crippen LogP contribution in [0.4, 0.5) is 4.79 Å². The summed E-state index contributed by atoms with van der Waals surface area (Å²) in [6, 6.07) is 2.61. The number of nitrogens with one attached hydrogen (secondary N) is 2. The molecule has 3 N–H and O–H groups in total. The third-order valence-corrected chi connectivity index (χ3v) is 11.9. The molecule has 0 aliphatic carbocycles. The monoisotopic (exact) mass is 875 g/mol. The van der Waals surface area contributed by atoms with E-state index in [2.05, 4.69) is 49.1 Å². The number of nitrogens with zero attached hydrogens (tertiary/aromatic N) is 2. The van der Waals surface area contributed by atoms with Crippen LogP contribution in [0.3, 0.4) is 0 Å². The number of hydrogen-bond donors (Lipinski definition) is 3. The quantitative estimate of drug-likeness (QED) is 0.0241. The molecule has 0 spiro atoms. The fourth-order valence-electron chi connectivity index (χ4n) is 6.89. The molecule has 1 heterocycles. The van der Waals surface area contributed by atoms with E-state index >= 15 is 0 Å². The normalized spacial score (nSPS) is 19.5. The minimum absolute atomic E-state index is 0.0949. The highest BCUT2D eigenvalue weighted by atomic mass is 31.2. The van der Waals surface area contributed by atoms with E-state index < -0.39 is 57.1 Å². The van der Waals surface area contributed by atoms with Gasteiger partial charge < -0.3 is 48.5 Å². The first-order chi connectivity index (χ1) is 28.8. The molecule has 60 heavy (non-hydrogen) atoms. The minimum atomic E-state index is -1.43. The summed E-state index contributed by atoms with van der Waals surface area (Å²) in [6.45, 7) is 14.5. The molecule has 0 aromatic rings. The molecule has 0 aromatic heterocycles. The number of nitriles is 1. The lowest BCUT2D eigenvalue weighted by Gasteiger charge is -2.42. The van der Waals surface area contributed by atoms with Crippen LogP contribution in [-0.4, -0.2) is 116 Å². The summed E-state index contributed by atoms with van der Waals surface area (Å²) in [5, 5.41) is 25.7. The number of rotatable bonds is 35. The summed E-state index contributed by atoms with van der Waals surface area (Å²) in [4.78, 5) is 46.9. The highest BCUT2D eigenvalue weighted by Crippen LogP contribution is 2.46. The Morgan fingerprint density at radius 3 is 1.58 bits per heavy atom. The summed E-state index contributed by atoms with van der Waals surface area (Å²) in [5.74, 6) is -1.87. The van der Waals surface area contributed by atoms with Crippen LogP contribution >= 0.6 is 8.53 Å². The zero-order chi connectivity index (χ0) is 44.5. The topological polar surface area (TPSA) is 204 Å². The molecule has 2 amide bonds. The summed E-state index contributed by atoms with van der Waals surface area (Å²) < 4.78 is 41.6. The lowest BCUT2D eigenvalue weighted by atomic mass is 9.98. The summed E-state index contributed by atoms with van der Waals surface area (Å²) in [5.41, 5.74) is 0. The maximum absolute atomic E-state index is 12.1. The molecule has 0 radical (unpaired) electrons. The first kappa shape index (κ1) is 55.4. The summed E-state index contributed by atoms with van der Waals surface area (Å²) in [6.07, 6.45) is 12.8. The first-order valence-electron chi connectivity index (χ1n) is 22.4. The summed E-state index contributed by atoms with van der Waals surface area (Å²) >= 11 is 0. The number of esters is 3. The number of hydrogen-bond acceptors (Lipinski definition) is 14. The highest BCUT2D eigenvalue weighted by molar-refractivity contribution is 7.44. The predicted octanol–water partition coefficient (Wildman–Crippen LogP) is 7.74. The Morgan fingerprint density at radius 1 is 0.667 bits per heavy atom. The van der Waals surface area contributed by atoms with Gasteiger partial charge >= 0.3 is 23.9 Å². The molecule has 1 rings (SSSR count). The molecule has 17 heteroatoms. The number of aliphatic hydroxyl groups is 1. The summed E-state index contributed by atoms with van der Waals surface area (Å²) in [7, 11) is -1.19. The Bertz CT molecular complexity index is 1200. The molecule has 0 bridgehead atoms. The van der Waals surface area contributed by atoms with Gasteiger partial charge in [0.2, 0.25) is 0 Å². The van der Waals surface area contributed by atoms with Crippen molar-refractivity contribution in [2.75, 3.05) is 39.5 Å². The van der Waals surface area contributed by atoms with Gasteiger partial charge in [-0.05, 0) is 53.4 Å². The van der Waals surface area contributed by atoms with Gasteiger partial charge in [-0.1, -0.05) is 83.5 Å². The predicted molar refractivity (Wildman–Crippen MR) is 229 cm³/mol. The van der Waals surface area contributed by atoms with Crippen LogP contribution in [0.15, 0.2) is 0 Å². The molecule has 348 valence electrons. The molecule has 6 atom stereocenters. The molecule has 1 unspecified atom stereocenters. The van der Waals surface area contributed by atoms with Gasteiger partial charge in [-0.2, -0.15) is 5.26 Å². The number of unbranched alkanes of at least 4 members (excludes halogenated alkanes) is 15. The van der Waals surface area contributed by atoms with Gasteiger partial charge in [0, 0.05) is 52.6 Å². The number of ether oxygens (including phenoxy) is 5. The van der Waals surface area contributed by atoms with Crippen molar-refractivity contribution in [3.05, 3.63) is 0 Å². The van der Waals surface area contributed by atoms with E-state index in [1.54, 1.807) is 0 Å². The molecular weight excluding hydrogens is 795 g/mol. The number of carbonyl (C=O) groups is 4. The molecule has 0 aromatic carbocycles. The molecule has 0 saturated carbocycles. The van der Waals surface area contributed by atoms with Crippen molar-refractivity contribution in [3.8, 4) is 6.07 Å². The Morgan fingerprint density at radius 2 is 1.12 bits per heavy atom. The highest BCUT2D eigenvalue weighted by Gasteiger charge is 2.50.